The largest absolute Gasteiger partial charge is 0.496 e. The van der Waals surface area contributed by atoms with Crippen molar-refractivity contribution in [1.82, 2.24) is 4.98 Å². The number of ether oxygens (including phenoxy) is 1. The van der Waals surface area contributed by atoms with Crippen LogP contribution < -0.4 is 4.74 Å². The van der Waals surface area contributed by atoms with Crippen molar-refractivity contribution in [3.05, 3.63) is 52.6 Å². The number of methoxy groups -OCH3 is 1. The Morgan fingerprint density at radius 1 is 1.10 bits per heavy atom. The molecule has 0 spiro atoms. The lowest BCUT2D eigenvalue weighted by molar-refractivity contribution is 0.408. The van der Waals surface area contributed by atoms with Crippen molar-refractivity contribution in [3.63, 3.8) is 0 Å². The van der Waals surface area contributed by atoms with Gasteiger partial charge in [-0.25, -0.2) is 0 Å². The van der Waals surface area contributed by atoms with Crippen LogP contribution in [0.4, 0.5) is 0 Å². The molecule has 20 heavy (non-hydrogen) atoms. The molecule has 0 atom stereocenters. The van der Waals surface area contributed by atoms with Crippen LogP contribution >= 0.6 is 0 Å². The number of H-pyrrole nitrogens is 1. The van der Waals surface area contributed by atoms with Crippen LogP contribution in [0.15, 0.2) is 30.3 Å². The summed E-state index contributed by atoms with van der Waals surface area (Å²) in [6, 6.07) is 10.8. The zero-order chi connectivity index (χ0) is 13.9. The number of benzene rings is 2. The van der Waals surface area contributed by atoms with Gasteiger partial charge in [-0.1, -0.05) is 18.2 Å². The van der Waals surface area contributed by atoms with Crippen LogP contribution in [-0.2, 0) is 6.42 Å². The lowest BCUT2D eigenvalue weighted by Gasteiger charge is -2.13. The molecule has 1 N–H and O–H groups in total. The SMILES string of the molecule is COc1c(C)cc2c(c1C)Cc1c-2[nH]c2ccccc12. The summed E-state index contributed by atoms with van der Waals surface area (Å²) >= 11 is 0. The van der Waals surface area contributed by atoms with E-state index in [0.29, 0.717) is 0 Å². The van der Waals surface area contributed by atoms with Gasteiger partial charge in [0.1, 0.15) is 5.75 Å². The molecular weight excluding hydrogens is 246 g/mol. The van der Waals surface area contributed by atoms with Crippen molar-refractivity contribution in [3.8, 4) is 17.0 Å². The zero-order valence-corrected chi connectivity index (χ0v) is 12.0. The molecule has 0 aliphatic heterocycles. The van der Waals surface area contributed by atoms with E-state index in [0.717, 1.165) is 12.2 Å². The maximum Gasteiger partial charge on any atom is 0.124 e. The Morgan fingerprint density at radius 2 is 1.90 bits per heavy atom. The number of rotatable bonds is 1. The van der Waals surface area contributed by atoms with Gasteiger partial charge in [0.05, 0.1) is 12.8 Å². The van der Waals surface area contributed by atoms with Crippen LogP contribution in [0.2, 0.25) is 0 Å². The zero-order valence-electron chi connectivity index (χ0n) is 12.0. The highest BCUT2D eigenvalue weighted by molar-refractivity contribution is 5.95. The molecule has 2 nitrogen and oxygen atoms in total. The number of hydrogen-bond acceptors (Lipinski definition) is 1. The van der Waals surface area contributed by atoms with E-state index >= 15 is 0 Å². The fourth-order valence-corrected chi connectivity index (χ4v) is 3.56. The first-order valence-corrected chi connectivity index (χ1v) is 6.97. The number of hydrogen-bond donors (Lipinski definition) is 1. The molecule has 1 heterocycles. The van der Waals surface area contributed by atoms with Gasteiger partial charge in [0, 0.05) is 22.9 Å². The van der Waals surface area contributed by atoms with Crippen LogP contribution in [0.5, 0.6) is 5.75 Å². The average Bonchev–Trinajstić information content (AvgIpc) is 2.96. The lowest BCUT2D eigenvalue weighted by atomic mass is 9.98. The molecule has 0 radical (unpaired) electrons. The molecule has 1 aliphatic carbocycles. The Bertz CT molecular complexity index is 842. The van der Waals surface area contributed by atoms with E-state index in [1.54, 1.807) is 7.11 Å². The standard InChI is InChI=1S/C18H17NO/c1-10-8-14-13(11(2)18(10)20-3)9-15-12-6-4-5-7-16(12)19-17(14)15/h4-8,19H,9H2,1-3H3. The van der Waals surface area contributed by atoms with E-state index in [1.165, 1.54) is 44.4 Å². The van der Waals surface area contributed by atoms with Gasteiger partial charge in [-0.2, -0.15) is 0 Å². The third-order valence-electron chi connectivity index (χ3n) is 4.48. The highest BCUT2D eigenvalue weighted by Gasteiger charge is 2.26. The summed E-state index contributed by atoms with van der Waals surface area (Å²) in [5.41, 5.74) is 9.16. The van der Waals surface area contributed by atoms with Gasteiger partial charge in [-0.05, 0) is 48.2 Å². The molecular formula is C18H17NO. The van der Waals surface area contributed by atoms with Crippen LogP contribution in [0.25, 0.3) is 22.2 Å². The first-order chi connectivity index (χ1) is 9.70. The van der Waals surface area contributed by atoms with Gasteiger partial charge in [-0.3, -0.25) is 0 Å². The molecule has 1 aliphatic rings. The van der Waals surface area contributed by atoms with E-state index in [1.807, 2.05) is 0 Å². The molecule has 3 aromatic rings. The third-order valence-corrected chi connectivity index (χ3v) is 4.48. The number of nitrogens with one attached hydrogen (secondary N) is 1. The van der Waals surface area contributed by atoms with Gasteiger partial charge in [0.15, 0.2) is 0 Å². The topological polar surface area (TPSA) is 25.0 Å². The maximum atomic E-state index is 5.55. The summed E-state index contributed by atoms with van der Waals surface area (Å²) in [7, 11) is 1.76. The average molecular weight is 263 g/mol. The summed E-state index contributed by atoms with van der Waals surface area (Å²) in [6.07, 6.45) is 0.997. The summed E-state index contributed by atoms with van der Waals surface area (Å²) < 4.78 is 5.55. The molecule has 0 amide bonds. The number of para-hydroxylation sites is 1. The monoisotopic (exact) mass is 263 g/mol. The first-order valence-electron chi connectivity index (χ1n) is 6.97. The van der Waals surface area contributed by atoms with E-state index in [2.05, 4.69) is 49.2 Å². The second kappa shape index (κ2) is 3.89. The van der Waals surface area contributed by atoms with E-state index < -0.39 is 0 Å². The molecule has 100 valence electrons. The van der Waals surface area contributed by atoms with Crippen LogP contribution in [0.1, 0.15) is 22.3 Å². The lowest BCUT2D eigenvalue weighted by Crippen LogP contribution is -1.96. The second-order valence-electron chi connectivity index (χ2n) is 5.58. The minimum absolute atomic E-state index is 0.997. The smallest absolute Gasteiger partial charge is 0.124 e. The molecule has 0 fully saturated rings. The molecule has 0 unspecified atom stereocenters. The Balaban J connectivity index is 2.04. The second-order valence-corrected chi connectivity index (χ2v) is 5.58. The van der Waals surface area contributed by atoms with Crippen molar-refractivity contribution in [2.75, 3.05) is 7.11 Å². The van der Waals surface area contributed by atoms with Crippen molar-refractivity contribution in [1.29, 1.82) is 0 Å². The van der Waals surface area contributed by atoms with Gasteiger partial charge >= 0.3 is 0 Å². The Labute approximate surface area is 118 Å². The van der Waals surface area contributed by atoms with Crippen molar-refractivity contribution >= 4 is 10.9 Å². The number of aromatic amines is 1. The quantitative estimate of drug-likeness (QED) is 0.542. The first kappa shape index (κ1) is 11.6. The normalized spacial score (nSPS) is 12.6. The number of fused-ring (bicyclic) bond motifs is 5. The Hall–Kier alpha value is -2.22. The van der Waals surface area contributed by atoms with Crippen LogP contribution in [0, 0.1) is 13.8 Å². The van der Waals surface area contributed by atoms with Gasteiger partial charge in [-0.15, -0.1) is 0 Å². The molecule has 0 saturated heterocycles. The van der Waals surface area contributed by atoms with Crippen molar-refractivity contribution < 1.29 is 4.74 Å². The van der Waals surface area contributed by atoms with Crippen LogP contribution in [0.3, 0.4) is 0 Å². The van der Waals surface area contributed by atoms with Gasteiger partial charge in [0.2, 0.25) is 0 Å². The minimum Gasteiger partial charge on any atom is -0.496 e. The van der Waals surface area contributed by atoms with Gasteiger partial charge < -0.3 is 9.72 Å². The Morgan fingerprint density at radius 3 is 2.70 bits per heavy atom. The predicted molar refractivity (Wildman–Crippen MR) is 82.6 cm³/mol. The highest BCUT2D eigenvalue weighted by Crippen LogP contribution is 2.44. The summed E-state index contributed by atoms with van der Waals surface area (Å²) in [4.78, 5) is 3.58. The van der Waals surface area contributed by atoms with E-state index in [9.17, 15) is 0 Å². The molecule has 0 saturated carbocycles. The summed E-state index contributed by atoms with van der Waals surface area (Å²) in [6.45, 7) is 4.28. The molecule has 0 bridgehead atoms. The fourth-order valence-electron chi connectivity index (χ4n) is 3.56. The highest BCUT2D eigenvalue weighted by atomic mass is 16.5. The minimum atomic E-state index is 0.997. The van der Waals surface area contributed by atoms with Crippen molar-refractivity contribution in [2.45, 2.75) is 20.3 Å². The summed E-state index contributed by atoms with van der Waals surface area (Å²) in [5, 5.41) is 1.34. The van der Waals surface area contributed by atoms with Crippen molar-refractivity contribution in [2.24, 2.45) is 0 Å². The summed E-state index contributed by atoms with van der Waals surface area (Å²) in [5.74, 6) is 1.03. The molecule has 4 rings (SSSR count). The molecule has 1 aromatic heterocycles. The number of aryl methyl sites for hydroxylation is 1. The van der Waals surface area contributed by atoms with Crippen LogP contribution in [-0.4, -0.2) is 12.1 Å². The maximum absolute atomic E-state index is 5.55. The molecule has 2 heteroatoms. The third kappa shape index (κ3) is 1.34. The number of aromatic nitrogens is 1. The van der Waals surface area contributed by atoms with Gasteiger partial charge in [0.25, 0.3) is 0 Å². The van der Waals surface area contributed by atoms with E-state index in [4.69, 9.17) is 4.74 Å². The Kier molecular flexibility index (Phi) is 2.25. The predicted octanol–water partition coefficient (Wildman–Crippen LogP) is 4.36. The fraction of sp³-hybridized carbons (Fsp3) is 0.222. The van der Waals surface area contributed by atoms with E-state index in [-0.39, 0.29) is 0 Å². The molecule has 2 aromatic carbocycles.